The van der Waals surface area contributed by atoms with Crippen LogP contribution in [0.3, 0.4) is 0 Å². The average Bonchev–Trinajstić information content (AvgIpc) is 2.27. The lowest BCUT2D eigenvalue weighted by Crippen LogP contribution is -2.50. The van der Waals surface area contributed by atoms with E-state index in [1.807, 2.05) is 50.8 Å². The Kier molecular flexibility index (Phi) is 4.76. The fraction of sp³-hybridized carbons (Fsp3) is 0.533. The molecule has 0 radical (unpaired) electrons. The molecule has 0 saturated heterocycles. The van der Waals surface area contributed by atoms with Gasteiger partial charge in [0.2, 0.25) is 0 Å². The van der Waals surface area contributed by atoms with Crippen molar-refractivity contribution in [2.24, 2.45) is 0 Å². The second-order valence-corrected chi connectivity index (χ2v) is 5.50. The van der Waals surface area contributed by atoms with Gasteiger partial charge < -0.3 is 10.2 Å². The third-order valence-corrected chi connectivity index (χ3v) is 3.06. The van der Waals surface area contributed by atoms with Gasteiger partial charge in [-0.3, -0.25) is 0 Å². The van der Waals surface area contributed by atoms with E-state index in [0.29, 0.717) is 13.1 Å². The highest BCUT2D eigenvalue weighted by Gasteiger charge is 2.24. The predicted molar refractivity (Wildman–Crippen MR) is 75.5 cm³/mol. The molecule has 0 aliphatic heterocycles. The fourth-order valence-electron chi connectivity index (χ4n) is 2.00. The van der Waals surface area contributed by atoms with Crippen LogP contribution in [0.25, 0.3) is 0 Å². The van der Waals surface area contributed by atoms with Gasteiger partial charge in [0.15, 0.2) is 0 Å². The zero-order chi connectivity index (χ0) is 13.8. The van der Waals surface area contributed by atoms with Crippen molar-refractivity contribution >= 4 is 6.03 Å². The lowest BCUT2D eigenvalue weighted by Gasteiger charge is -2.34. The number of rotatable bonds is 3. The summed E-state index contributed by atoms with van der Waals surface area (Å²) < 4.78 is 0. The highest BCUT2D eigenvalue weighted by atomic mass is 16.2. The van der Waals surface area contributed by atoms with E-state index in [1.165, 1.54) is 5.56 Å². The van der Waals surface area contributed by atoms with E-state index in [0.717, 1.165) is 5.56 Å². The molecule has 0 spiro atoms. The first-order valence-electron chi connectivity index (χ1n) is 6.46. The van der Waals surface area contributed by atoms with E-state index >= 15 is 0 Å². The molecule has 0 aliphatic carbocycles. The van der Waals surface area contributed by atoms with Gasteiger partial charge in [-0.05, 0) is 45.7 Å². The van der Waals surface area contributed by atoms with Gasteiger partial charge >= 0.3 is 6.03 Å². The molecule has 0 fully saturated rings. The van der Waals surface area contributed by atoms with Crippen LogP contribution < -0.4 is 5.32 Å². The van der Waals surface area contributed by atoms with Crippen molar-refractivity contribution in [3.05, 3.63) is 35.4 Å². The minimum atomic E-state index is -0.148. The molecule has 0 heterocycles. The largest absolute Gasteiger partial charge is 0.334 e. The van der Waals surface area contributed by atoms with E-state index in [-0.39, 0.29) is 11.6 Å². The molecule has 3 heteroatoms. The summed E-state index contributed by atoms with van der Waals surface area (Å²) in [5.74, 6) is 0. The van der Waals surface area contributed by atoms with Gasteiger partial charge in [-0.2, -0.15) is 0 Å². The molecule has 0 aromatic heterocycles. The Bertz CT molecular complexity index is 407. The molecular weight excluding hydrogens is 224 g/mol. The van der Waals surface area contributed by atoms with E-state index < -0.39 is 0 Å². The molecule has 1 N–H and O–H groups in total. The fourth-order valence-corrected chi connectivity index (χ4v) is 2.00. The van der Waals surface area contributed by atoms with Crippen molar-refractivity contribution in [1.82, 2.24) is 10.2 Å². The van der Waals surface area contributed by atoms with Crippen LogP contribution in [0.15, 0.2) is 24.3 Å². The summed E-state index contributed by atoms with van der Waals surface area (Å²) in [6, 6.07) is 8.10. The molecule has 2 amide bonds. The number of nitrogens with zero attached hydrogens (tertiary/aromatic N) is 1. The zero-order valence-electron chi connectivity index (χ0n) is 12.1. The average molecular weight is 248 g/mol. The highest BCUT2D eigenvalue weighted by Crippen LogP contribution is 2.13. The summed E-state index contributed by atoms with van der Waals surface area (Å²) in [4.78, 5) is 14.0. The Morgan fingerprint density at radius 2 is 1.89 bits per heavy atom. The quantitative estimate of drug-likeness (QED) is 0.874. The second-order valence-electron chi connectivity index (χ2n) is 5.50. The van der Waals surface area contributed by atoms with Gasteiger partial charge in [-0.1, -0.05) is 24.3 Å². The molecule has 1 aromatic carbocycles. The maximum Gasteiger partial charge on any atom is 0.318 e. The van der Waals surface area contributed by atoms with E-state index in [2.05, 4.69) is 18.3 Å². The number of nitrogens with one attached hydrogen (secondary N) is 1. The minimum Gasteiger partial charge on any atom is -0.334 e. The molecular formula is C15H24N2O. The van der Waals surface area contributed by atoms with Crippen molar-refractivity contribution in [3.63, 3.8) is 0 Å². The number of carbonyl (C=O) groups is 1. The molecule has 100 valence electrons. The number of urea groups is 1. The van der Waals surface area contributed by atoms with Crippen LogP contribution in [0.4, 0.5) is 4.79 Å². The maximum absolute atomic E-state index is 12.1. The third kappa shape index (κ3) is 3.76. The highest BCUT2D eigenvalue weighted by molar-refractivity contribution is 5.75. The molecule has 0 bridgehead atoms. The van der Waals surface area contributed by atoms with Crippen LogP contribution in [0.1, 0.15) is 38.8 Å². The van der Waals surface area contributed by atoms with Crippen molar-refractivity contribution in [2.75, 3.05) is 6.54 Å². The SMILES string of the molecule is CCN(C(=O)NCc1ccccc1C)C(C)(C)C. The molecule has 3 nitrogen and oxygen atoms in total. The van der Waals surface area contributed by atoms with Crippen LogP contribution in [-0.2, 0) is 6.54 Å². The van der Waals surface area contributed by atoms with Crippen LogP contribution in [-0.4, -0.2) is 23.0 Å². The monoisotopic (exact) mass is 248 g/mol. The zero-order valence-corrected chi connectivity index (χ0v) is 12.1. The number of benzene rings is 1. The van der Waals surface area contributed by atoms with Crippen molar-refractivity contribution in [2.45, 2.75) is 46.7 Å². The Morgan fingerprint density at radius 1 is 1.28 bits per heavy atom. The third-order valence-electron chi connectivity index (χ3n) is 3.06. The van der Waals surface area contributed by atoms with Crippen molar-refractivity contribution in [3.8, 4) is 0 Å². The lowest BCUT2D eigenvalue weighted by atomic mass is 10.1. The maximum atomic E-state index is 12.1. The van der Waals surface area contributed by atoms with E-state index in [1.54, 1.807) is 0 Å². The minimum absolute atomic E-state index is 0.00625. The van der Waals surface area contributed by atoms with Gasteiger partial charge in [0, 0.05) is 18.6 Å². The summed E-state index contributed by atoms with van der Waals surface area (Å²) in [5, 5.41) is 2.98. The molecule has 0 aliphatic rings. The number of carbonyl (C=O) groups excluding carboxylic acids is 1. The molecule has 0 atom stereocenters. The van der Waals surface area contributed by atoms with Crippen molar-refractivity contribution in [1.29, 1.82) is 0 Å². The summed E-state index contributed by atoms with van der Waals surface area (Å²) >= 11 is 0. The van der Waals surface area contributed by atoms with Crippen LogP contribution in [0.5, 0.6) is 0 Å². The van der Waals surface area contributed by atoms with E-state index in [4.69, 9.17) is 0 Å². The van der Waals surface area contributed by atoms with Gasteiger partial charge in [0.25, 0.3) is 0 Å². The number of aryl methyl sites for hydroxylation is 1. The van der Waals surface area contributed by atoms with Gasteiger partial charge in [0.05, 0.1) is 0 Å². The second kappa shape index (κ2) is 5.89. The van der Waals surface area contributed by atoms with Gasteiger partial charge in [-0.15, -0.1) is 0 Å². The lowest BCUT2D eigenvalue weighted by molar-refractivity contribution is 0.149. The first-order chi connectivity index (χ1) is 8.36. The molecule has 1 rings (SSSR count). The molecule has 1 aromatic rings. The summed E-state index contributed by atoms with van der Waals surface area (Å²) in [6.45, 7) is 11.5. The van der Waals surface area contributed by atoms with Crippen LogP contribution in [0, 0.1) is 6.92 Å². The predicted octanol–water partition coefficient (Wildman–Crippen LogP) is 3.33. The molecule has 18 heavy (non-hydrogen) atoms. The summed E-state index contributed by atoms with van der Waals surface area (Å²) in [7, 11) is 0. The number of hydrogen-bond acceptors (Lipinski definition) is 1. The first kappa shape index (κ1) is 14.6. The molecule has 0 saturated carbocycles. The summed E-state index contributed by atoms with van der Waals surface area (Å²) in [6.07, 6.45) is 0. The van der Waals surface area contributed by atoms with Crippen LogP contribution in [0.2, 0.25) is 0 Å². The normalized spacial score (nSPS) is 11.2. The Hall–Kier alpha value is -1.51. The van der Waals surface area contributed by atoms with Gasteiger partial charge in [-0.25, -0.2) is 4.79 Å². The Balaban J connectivity index is 2.64. The summed E-state index contributed by atoms with van der Waals surface area (Å²) in [5.41, 5.74) is 2.22. The first-order valence-corrected chi connectivity index (χ1v) is 6.46. The Morgan fingerprint density at radius 3 is 2.39 bits per heavy atom. The van der Waals surface area contributed by atoms with E-state index in [9.17, 15) is 4.79 Å². The number of amides is 2. The standard InChI is InChI=1S/C15H24N2O/c1-6-17(15(3,4)5)14(18)16-11-13-10-8-7-9-12(13)2/h7-10H,6,11H2,1-5H3,(H,16,18). The Labute approximate surface area is 110 Å². The number of hydrogen-bond donors (Lipinski definition) is 1. The smallest absolute Gasteiger partial charge is 0.318 e. The van der Waals surface area contributed by atoms with Crippen molar-refractivity contribution < 1.29 is 4.79 Å². The topological polar surface area (TPSA) is 32.3 Å². The van der Waals surface area contributed by atoms with Crippen LogP contribution >= 0.6 is 0 Å². The molecule has 0 unspecified atom stereocenters. The van der Waals surface area contributed by atoms with Gasteiger partial charge in [0.1, 0.15) is 0 Å².